The zero-order chi connectivity index (χ0) is 30.8. The SMILES string of the molecule is CCCCC(=O)N(Cc1ccc(-c2ccccc2-c2nn[nH]n2)cc1)C(C(=O)NOCc1ccc(B(O)O)cc1)C(C)C. The van der Waals surface area contributed by atoms with Crippen LogP contribution in [0.4, 0.5) is 0 Å². The maximum atomic E-state index is 13.4. The van der Waals surface area contributed by atoms with Crippen LogP contribution in [0.1, 0.15) is 51.2 Å². The molecule has 0 aliphatic carbocycles. The molecule has 0 saturated carbocycles. The smallest absolute Gasteiger partial charge is 0.423 e. The molecule has 0 bridgehead atoms. The number of unbranched alkanes of at least 4 members (excludes halogenated alkanes) is 1. The second kappa shape index (κ2) is 15.2. The van der Waals surface area contributed by atoms with Crippen molar-refractivity contribution in [3.8, 4) is 22.5 Å². The summed E-state index contributed by atoms with van der Waals surface area (Å²) in [5, 5.41) is 32.9. The third-order valence-corrected chi connectivity index (χ3v) is 7.12. The number of aromatic nitrogens is 4. The number of benzene rings is 3. The highest BCUT2D eigenvalue weighted by Crippen LogP contribution is 2.30. The number of tetrazole rings is 1. The molecule has 1 unspecified atom stereocenters. The molecule has 0 saturated heterocycles. The van der Waals surface area contributed by atoms with E-state index >= 15 is 0 Å². The lowest BCUT2D eigenvalue weighted by Crippen LogP contribution is -2.51. The first kappa shape index (κ1) is 31.5. The molecule has 0 fully saturated rings. The van der Waals surface area contributed by atoms with Crippen molar-refractivity contribution in [1.29, 1.82) is 0 Å². The molecule has 4 N–H and O–H groups in total. The molecule has 4 rings (SSSR count). The van der Waals surface area contributed by atoms with E-state index in [4.69, 9.17) is 4.84 Å². The van der Waals surface area contributed by atoms with E-state index in [0.717, 1.165) is 40.7 Å². The number of hydrogen-bond acceptors (Lipinski definition) is 8. The summed E-state index contributed by atoms with van der Waals surface area (Å²) in [6, 6.07) is 21.4. The Morgan fingerprint density at radius 3 is 2.26 bits per heavy atom. The van der Waals surface area contributed by atoms with Gasteiger partial charge in [-0.15, -0.1) is 10.2 Å². The highest BCUT2D eigenvalue weighted by molar-refractivity contribution is 6.58. The molecule has 12 heteroatoms. The summed E-state index contributed by atoms with van der Waals surface area (Å²) >= 11 is 0. The van der Waals surface area contributed by atoms with Gasteiger partial charge in [0.15, 0.2) is 0 Å². The van der Waals surface area contributed by atoms with Gasteiger partial charge in [-0.2, -0.15) is 5.21 Å². The van der Waals surface area contributed by atoms with Crippen LogP contribution in [0.2, 0.25) is 0 Å². The standard InChI is InChI=1S/C31H37BN6O5/c1-4-5-10-28(39)38(29(21(2)3)31(40)35-43-20-23-13-17-25(18-14-23)32(41)42)19-22-11-15-24(16-12-22)26-8-6-7-9-27(26)30-33-36-37-34-30/h6-9,11-18,21,29,41-42H,4-5,10,19-20H2,1-3H3,(H,35,40)(H,33,34,36,37). The number of carbonyl (C=O) groups is 2. The number of H-pyrrole nitrogens is 1. The summed E-state index contributed by atoms with van der Waals surface area (Å²) in [6.45, 7) is 6.17. The number of nitrogens with one attached hydrogen (secondary N) is 2. The quantitative estimate of drug-likeness (QED) is 0.130. The van der Waals surface area contributed by atoms with Crippen molar-refractivity contribution in [2.75, 3.05) is 0 Å². The van der Waals surface area contributed by atoms with Crippen LogP contribution in [0.15, 0.2) is 72.8 Å². The summed E-state index contributed by atoms with van der Waals surface area (Å²) in [6.07, 6.45) is 1.93. The summed E-state index contributed by atoms with van der Waals surface area (Å²) in [7, 11) is -1.55. The van der Waals surface area contributed by atoms with Gasteiger partial charge in [0.05, 0.1) is 6.61 Å². The van der Waals surface area contributed by atoms with Crippen LogP contribution in [-0.2, 0) is 27.6 Å². The molecule has 0 spiro atoms. The van der Waals surface area contributed by atoms with E-state index in [-0.39, 0.29) is 25.0 Å². The van der Waals surface area contributed by atoms with Crippen molar-refractivity contribution in [3.63, 3.8) is 0 Å². The van der Waals surface area contributed by atoms with Crippen LogP contribution >= 0.6 is 0 Å². The number of amides is 2. The van der Waals surface area contributed by atoms with Crippen LogP contribution in [0.25, 0.3) is 22.5 Å². The lowest BCUT2D eigenvalue weighted by Gasteiger charge is -2.33. The number of nitrogens with zero attached hydrogens (tertiary/aromatic N) is 4. The fourth-order valence-electron chi connectivity index (χ4n) is 4.85. The Labute approximate surface area is 251 Å². The molecule has 43 heavy (non-hydrogen) atoms. The van der Waals surface area contributed by atoms with Crippen molar-refractivity contribution in [1.82, 2.24) is 31.0 Å². The fraction of sp³-hybridized carbons (Fsp3) is 0.323. The third kappa shape index (κ3) is 8.34. The largest absolute Gasteiger partial charge is 0.488 e. The average molecular weight is 584 g/mol. The minimum Gasteiger partial charge on any atom is -0.423 e. The molecule has 1 heterocycles. The summed E-state index contributed by atoms with van der Waals surface area (Å²) in [4.78, 5) is 34.0. The van der Waals surface area contributed by atoms with Crippen molar-refractivity contribution >= 4 is 24.4 Å². The summed E-state index contributed by atoms with van der Waals surface area (Å²) < 4.78 is 0. The van der Waals surface area contributed by atoms with Gasteiger partial charge >= 0.3 is 7.12 Å². The van der Waals surface area contributed by atoms with Gasteiger partial charge in [-0.3, -0.25) is 14.4 Å². The molecular formula is C31H37BN6O5. The van der Waals surface area contributed by atoms with E-state index < -0.39 is 19.1 Å². The van der Waals surface area contributed by atoms with Crippen LogP contribution in [0.5, 0.6) is 0 Å². The third-order valence-electron chi connectivity index (χ3n) is 7.12. The zero-order valence-electron chi connectivity index (χ0n) is 24.6. The number of rotatable bonds is 14. The predicted molar refractivity (Wildman–Crippen MR) is 163 cm³/mol. The maximum absolute atomic E-state index is 13.4. The highest BCUT2D eigenvalue weighted by atomic mass is 16.6. The number of hydroxylamine groups is 1. The van der Waals surface area contributed by atoms with E-state index in [1.54, 1.807) is 29.2 Å². The average Bonchev–Trinajstić information content (AvgIpc) is 3.55. The molecule has 0 radical (unpaired) electrons. The minimum absolute atomic E-state index is 0.0783. The molecule has 11 nitrogen and oxygen atoms in total. The van der Waals surface area contributed by atoms with Gasteiger partial charge in [-0.1, -0.05) is 100.0 Å². The van der Waals surface area contributed by atoms with Gasteiger partial charge in [0.25, 0.3) is 5.91 Å². The molecular weight excluding hydrogens is 547 g/mol. The van der Waals surface area contributed by atoms with E-state index in [1.165, 1.54) is 0 Å². The Kier molecular flexibility index (Phi) is 11.1. The monoisotopic (exact) mass is 584 g/mol. The lowest BCUT2D eigenvalue weighted by molar-refractivity contribution is -0.150. The number of aromatic amines is 1. The molecule has 1 atom stereocenters. The summed E-state index contributed by atoms with van der Waals surface area (Å²) in [5.74, 6) is -0.185. The van der Waals surface area contributed by atoms with Crippen LogP contribution in [0, 0.1) is 5.92 Å². The first-order valence-electron chi connectivity index (χ1n) is 14.4. The van der Waals surface area contributed by atoms with Gasteiger partial charge in [-0.05, 0) is 45.3 Å². The van der Waals surface area contributed by atoms with Crippen LogP contribution < -0.4 is 10.9 Å². The van der Waals surface area contributed by atoms with Gasteiger partial charge < -0.3 is 14.9 Å². The van der Waals surface area contributed by atoms with Crippen molar-refractivity contribution in [3.05, 3.63) is 83.9 Å². The Hall–Kier alpha value is -4.39. The van der Waals surface area contributed by atoms with Crippen molar-refractivity contribution in [2.45, 2.75) is 59.2 Å². The second-order valence-electron chi connectivity index (χ2n) is 10.7. The van der Waals surface area contributed by atoms with Gasteiger partial charge in [-0.25, -0.2) is 5.48 Å². The molecule has 0 aliphatic heterocycles. The molecule has 1 aromatic heterocycles. The van der Waals surface area contributed by atoms with Crippen LogP contribution in [-0.4, -0.2) is 60.5 Å². The molecule has 3 aromatic carbocycles. The lowest BCUT2D eigenvalue weighted by atomic mass is 9.80. The van der Waals surface area contributed by atoms with Crippen molar-refractivity contribution in [2.24, 2.45) is 5.92 Å². The normalized spacial score (nSPS) is 11.8. The minimum atomic E-state index is -1.55. The summed E-state index contributed by atoms with van der Waals surface area (Å²) in [5.41, 5.74) is 7.26. The van der Waals surface area contributed by atoms with E-state index in [9.17, 15) is 19.6 Å². The van der Waals surface area contributed by atoms with Gasteiger partial charge in [0, 0.05) is 18.5 Å². The fourth-order valence-corrected chi connectivity index (χ4v) is 4.85. The van der Waals surface area contributed by atoms with E-state index in [0.29, 0.717) is 17.7 Å². The number of carbonyl (C=O) groups excluding carboxylic acids is 2. The first-order valence-corrected chi connectivity index (χ1v) is 14.4. The predicted octanol–water partition coefficient (Wildman–Crippen LogP) is 3.00. The van der Waals surface area contributed by atoms with Gasteiger partial charge in [0.1, 0.15) is 6.04 Å². The number of hydrogen-bond donors (Lipinski definition) is 4. The Morgan fingerprint density at radius 1 is 0.977 bits per heavy atom. The Balaban J connectivity index is 1.49. The molecule has 4 aromatic rings. The highest BCUT2D eigenvalue weighted by Gasteiger charge is 2.32. The zero-order valence-corrected chi connectivity index (χ0v) is 24.6. The maximum Gasteiger partial charge on any atom is 0.488 e. The molecule has 0 aliphatic rings. The Morgan fingerprint density at radius 2 is 1.65 bits per heavy atom. The van der Waals surface area contributed by atoms with Crippen molar-refractivity contribution < 1.29 is 24.5 Å². The molecule has 2 amide bonds. The van der Waals surface area contributed by atoms with Crippen LogP contribution in [0.3, 0.4) is 0 Å². The van der Waals surface area contributed by atoms with E-state index in [2.05, 4.69) is 26.1 Å². The Bertz CT molecular complexity index is 1460. The van der Waals surface area contributed by atoms with Gasteiger partial charge in [0.2, 0.25) is 11.7 Å². The first-order chi connectivity index (χ1) is 20.8. The molecule has 224 valence electrons. The second-order valence-corrected chi connectivity index (χ2v) is 10.7. The topological polar surface area (TPSA) is 154 Å². The van der Waals surface area contributed by atoms with E-state index in [1.807, 2.05) is 69.3 Å².